The molecule has 0 radical (unpaired) electrons. The minimum atomic E-state index is -4.73. The summed E-state index contributed by atoms with van der Waals surface area (Å²) in [6.07, 6.45) is -12.9. The second kappa shape index (κ2) is 11.5. The molecule has 2 fully saturated rings. The van der Waals surface area contributed by atoms with Crippen LogP contribution < -0.4 is 0 Å². The lowest BCUT2D eigenvalue weighted by atomic mass is 10.00. The van der Waals surface area contributed by atoms with Crippen LogP contribution in [-0.4, -0.2) is 135 Å². The Bertz CT molecular complexity index is 653. The van der Waals surface area contributed by atoms with Gasteiger partial charge in [-0.2, -0.15) is 0 Å². The summed E-state index contributed by atoms with van der Waals surface area (Å²) in [7, 11) is -9.46. The number of hydrogen-bond donors (Lipinski definition) is 12. The van der Waals surface area contributed by atoms with Crippen LogP contribution >= 0.6 is 15.6 Å². The van der Waals surface area contributed by atoms with Gasteiger partial charge in [0.05, 0.1) is 19.8 Å². The molecule has 12 N–H and O–H groups in total. The fraction of sp³-hybridized carbons (Fsp3) is 1.00. The van der Waals surface area contributed by atoms with Gasteiger partial charge in [-0.3, -0.25) is 9.05 Å². The number of rotatable bonds is 7. The van der Waals surface area contributed by atoms with Gasteiger partial charge in [0.15, 0.2) is 6.29 Å². The molecule has 0 aliphatic carbocycles. The van der Waals surface area contributed by atoms with Gasteiger partial charge in [0.1, 0.15) is 42.7 Å². The van der Waals surface area contributed by atoms with Crippen molar-refractivity contribution >= 4 is 15.6 Å². The summed E-state index contributed by atoms with van der Waals surface area (Å²) < 4.78 is 38.1. The van der Waals surface area contributed by atoms with Crippen LogP contribution in [-0.2, 0) is 27.7 Å². The van der Waals surface area contributed by atoms with E-state index in [9.17, 15) is 34.7 Å². The summed E-state index contributed by atoms with van der Waals surface area (Å²) in [6.45, 7) is -2.44. The van der Waals surface area contributed by atoms with Crippen molar-refractivity contribution in [3.05, 3.63) is 0 Å². The van der Waals surface area contributed by atoms with E-state index in [1.165, 1.54) is 0 Å². The Morgan fingerprint density at radius 3 is 1.62 bits per heavy atom. The van der Waals surface area contributed by atoms with E-state index in [2.05, 4.69) is 18.5 Å². The number of ether oxygens (including phenoxy) is 2. The molecule has 0 aromatic heterocycles. The van der Waals surface area contributed by atoms with Gasteiger partial charge in [-0.25, -0.2) is 9.13 Å². The highest BCUT2D eigenvalue weighted by atomic mass is 31.2. The van der Waals surface area contributed by atoms with E-state index in [0.717, 1.165) is 0 Å². The van der Waals surface area contributed by atoms with Crippen LogP contribution in [0.2, 0.25) is 0 Å². The molecule has 2 aliphatic heterocycles. The third kappa shape index (κ3) is 8.55. The summed E-state index contributed by atoms with van der Waals surface area (Å²) >= 11 is 0. The quantitative estimate of drug-likeness (QED) is 0.139. The van der Waals surface area contributed by atoms with Crippen molar-refractivity contribution in [2.24, 2.45) is 0 Å². The zero-order chi connectivity index (χ0) is 25.1. The molecule has 18 nitrogen and oxygen atoms in total. The number of aliphatic hydroxyl groups is 8. The average Bonchev–Trinajstić information content (AvgIpc) is 2.90. The Morgan fingerprint density at radius 2 is 1.22 bits per heavy atom. The first kappa shape index (κ1) is 29.9. The minimum absolute atomic E-state index is 0.730. The maximum Gasteiger partial charge on any atom is 0.469 e. The molecule has 9 atom stereocenters. The SMILES string of the molecule is O=P(O)(O)OC[C@H]1O[C@H](O)[C@H](O)[C@@H](O)[C@@H]1O.O=P(O)(O)OC[C@H]1O[C@](O)(CO)[C@@H](O)[C@@H]1O. The normalized spacial score (nSPS) is 40.6. The van der Waals surface area contributed by atoms with Gasteiger partial charge in [0.2, 0.25) is 5.79 Å². The summed E-state index contributed by atoms with van der Waals surface area (Å²) in [5.41, 5.74) is 0. The molecule has 0 bridgehead atoms. The first-order valence-corrected chi connectivity index (χ1v) is 11.6. The molecule has 0 spiro atoms. The van der Waals surface area contributed by atoms with Crippen molar-refractivity contribution in [3.63, 3.8) is 0 Å². The first-order valence-electron chi connectivity index (χ1n) is 8.57. The smallest absolute Gasteiger partial charge is 0.391 e. The van der Waals surface area contributed by atoms with Crippen LogP contribution in [0.25, 0.3) is 0 Å². The van der Waals surface area contributed by atoms with Crippen LogP contribution in [0.15, 0.2) is 0 Å². The topological polar surface area (TPSA) is 314 Å². The van der Waals surface area contributed by atoms with Crippen molar-refractivity contribution in [2.75, 3.05) is 19.8 Å². The second-order valence-corrected chi connectivity index (χ2v) is 9.18. The van der Waals surface area contributed by atoms with E-state index in [4.69, 9.17) is 34.9 Å². The monoisotopic (exact) mass is 520 g/mol. The maximum atomic E-state index is 10.4. The minimum Gasteiger partial charge on any atom is -0.391 e. The van der Waals surface area contributed by atoms with Gasteiger partial charge >= 0.3 is 15.6 Å². The summed E-state index contributed by atoms with van der Waals surface area (Å²) in [5.74, 6) is -2.36. The first-order chi connectivity index (χ1) is 14.4. The molecule has 192 valence electrons. The molecule has 0 saturated carbocycles. The number of hydrogen-bond acceptors (Lipinski definition) is 14. The zero-order valence-electron chi connectivity index (χ0n) is 16.0. The van der Waals surface area contributed by atoms with Gasteiger partial charge < -0.3 is 69.9 Å². The number of phosphoric acid groups is 2. The van der Waals surface area contributed by atoms with Crippen LogP contribution in [0.3, 0.4) is 0 Å². The van der Waals surface area contributed by atoms with E-state index in [-0.39, 0.29) is 0 Å². The Kier molecular flexibility index (Phi) is 10.7. The highest BCUT2D eigenvalue weighted by Crippen LogP contribution is 2.38. The van der Waals surface area contributed by atoms with E-state index in [1.807, 2.05) is 0 Å². The molecule has 0 aromatic rings. The largest absolute Gasteiger partial charge is 0.469 e. The highest BCUT2D eigenvalue weighted by molar-refractivity contribution is 7.46. The van der Waals surface area contributed by atoms with Crippen LogP contribution in [0.1, 0.15) is 0 Å². The lowest BCUT2D eigenvalue weighted by Gasteiger charge is -2.38. The summed E-state index contributed by atoms with van der Waals surface area (Å²) in [4.78, 5) is 33.6. The van der Waals surface area contributed by atoms with Crippen LogP contribution in [0.4, 0.5) is 0 Å². The zero-order valence-corrected chi connectivity index (χ0v) is 17.7. The Labute approximate surface area is 179 Å². The van der Waals surface area contributed by atoms with Crippen molar-refractivity contribution in [1.82, 2.24) is 0 Å². The number of phosphoric ester groups is 2. The molecule has 2 aliphatic rings. The van der Waals surface area contributed by atoms with Crippen LogP contribution in [0, 0.1) is 0 Å². The fourth-order valence-corrected chi connectivity index (χ4v) is 3.23. The van der Waals surface area contributed by atoms with Crippen LogP contribution in [0.5, 0.6) is 0 Å². The van der Waals surface area contributed by atoms with Gasteiger partial charge in [-0.1, -0.05) is 0 Å². The average molecular weight is 520 g/mol. The van der Waals surface area contributed by atoms with E-state index < -0.39 is 90.3 Å². The van der Waals surface area contributed by atoms with E-state index in [0.29, 0.717) is 0 Å². The molecule has 0 amide bonds. The third-order valence-electron chi connectivity index (χ3n) is 4.25. The lowest BCUT2D eigenvalue weighted by Crippen LogP contribution is -2.58. The lowest BCUT2D eigenvalue weighted by molar-refractivity contribution is -0.285. The predicted molar refractivity (Wildman–Crippen MR) is 93.8 cm³/mol. The summed E-state index contributed by atoms with van der Waals surface area (Å²) in [5, 5.41) is 73.5. The molecule has 32 heavy (non-hydrogen) atoms. The molecular formula is C12H26O18P2. The molecule has 0 aromatic carbocycles. The van der Waals surface area contributed by atoms with Crippen molar-refractivity contribution in [3.8, 4) is 0 Å². The molecule has 0 unspecified atom stereocenters. The Balaban J connectivity index is 0.000000320. The van der Waals surface area contributed by atoms with Gasteiger partial charge in [-0.15, -0.1) is 0 Å². The standard InChI is InChI=1S/2C6H13O9P/c7-2-6(10)5(9)4(8)3(15-6)1-14-16(11,12)13;7-3-2(1-14-16(11,12)13)15-6(10)5(9)4(3)8/h3-5,7-10H,1-2H2,(H2,11,12,13);2-10H,1H2,(H2,11,12,13)/t3-,4-,5+,6-;2-,3-,4+,5-,6+/m11/s1. The molecule has 2 rings (SSSR count). The maximum absolute atomic E-state index is 10.4. The molecule has 2 heterocycles. The third-order valence-corrected chi connectivity index (χ3v) is 5.22. The predicted octanol–water partition coefficient (Wildman–Crippen LogP) is -6.21. The highest BCUT2D eigenvalue weighted by Gasteiger charge is 2.53. The van der Waals surface area contributed by atoms with E-state index in [1.54, 1.807) is 0 Å². The second-order valence-electron chi connectivity index (χ2n) is 6.70. The molecular weight excluding hydrogens is 494 g/mol. The molecule has 20 heteroatoms. The Morgan fingerprint density at radius 1 is 0.750 bits per heavy atom. The number of aliphatic hydroxyl groups excluding tert-OH is 7. The van der Waals surface area contributed by atoms with Crippen molar-refractivity contribution in [1.29, 1.82) is 0 Å². The van der Waals surface area contributed by atoms with E-state index >= 15 is 0 Å². The van der Waals surface area contributed by atoms with Gasteiger partial charge in [0.25, 0.3) is 0 Å². The fourth-order valence-electron chi connectivity index (χ4n) is 2.54. The Hall–Kier alpha value is -0.180. The van der Waals surface area contributed by atoms with Crippen molar-refractivity contribution < 1.29 is 88.1 Å². The molecule has 2 saturated heterocycles. The summed E-state index contributed by atoms with van der Waals surface area (Å²) in [6, 6.07) is 0. The van der Waals surface area contributed by atoms with Crippen molar-refractivity contribution in [2.45, 2.75) is 54.8 Å². The van der Waals surface area contributed by atoms with Gasteiger partial charge in [0, 0.05) is 0 Å². The van der Waals surface area contributed by atoms with Gasteiger partial charge in [-0.05, 0) is 0 Å².